The Kier molecular flexibility index (Phi) is 3.46. The van der Waals surface area contributed by atoms with Gasteiger partial charge in [0.15, 0.2) is 5.13 Å². The number of aromatic nitrogens is 3. The molecule has 4 rings (SSSR count). The van der Waals surface area contributed by atoms with E-state index in [9.17, 15) is 4.79 Å². The smallest absolute Gasteiger partial charge is 0.223 e. The molecule has 6 heteroatoms. The predicted octanol–water partition coefficient (Wildman–Crippen LogP) is 4.17. The molecule has 0 radical (unpaired) electrons. The normalized spacial score (nSPS) is 11.1. The van der Waals surface area contributed by atoms with Gasteiger partial charge >= 0.3 is 0 Å². The van der Waals surface area contributed by atoms with Gasteiger partial charge in [-0.15, -0.1) is 0 Å². The Balaban J connectivity index is 1.81. The number of benzene rings is 2. The van der Waals surface area contributed by atoms with Crippen molar-refractivity contribution in [2.45, 2.75) is 13.8 Å². The number of hydrogen-bond donors (Lipinski definition) is 1. The Hall–Kier alpha value is -2.86. The molecule has 2 heterocycles. The predicted molar refractivity (Wildman–Crippen MR) is 97.2 cm³/mol. The number of aryl methyl sites for hydroxylation is 1. The third kappa shape index (κ3) is 2.61. The van der Waals surface area contributed by atoms with Crippen molar-refractivity contribution in [3.63, 3.8) is 0 Å². The van der Waals surface area contributed by atoms with E-state index in [0.29, 0.717) is 5.13 Å². The fraction of sp³-hybridized carbons (Fsp3) is 0.111. The van der Waals surface area contributed by atoms with Crippen LogP contribution in [0.2, 0.25) is 0 Å². The molecule has 5 nitrogen and oxygen atoms in total. The minimum absolute atomic E-state index is 0.112. The zero-order valence-electron chi connectivity index (χ0n) is 13.2. The molecule has 0 spiro atoms. The SMILES string of the molecule is CC(=O)Nc1nc2ccc(-c3ccc4ncnc(C)c4c3)cc2s1. The molecule has 24 heavy (non-hydrogen) atoms. The fourth-order valence-corrected chi connectivity index (χ4v) is 3.62. The zero-order chi connectivity index (χ0) is 16.7. The van der Waals surface area contributed by atoms with E-state index in [1.165, 1.54) is 18.3 Å². The van der Waals surface area contributed by atoms with Crippen LogP contribution >= 0.6 is 11.3 Å². The van der Waals surface area contributed by atoms with E-state index >= 15 is 0 Å². The number of amides is 1. The molecular weight excluding hydrogens is 320 g/mol. The van der Waals surface area contributed by atoms with Crippen molar-refractivity contribution >= 4 is 43.5 Å². The first-order chi connectivity index (χ1) is 11.6. The summed E-state index contributed by atoms with van der Waals surface area (Å²) in [4.78, 5) is 24.2. The summed E-state index contributed by atoms with van der Waals surface area (Å²) in [6.07, 6.45) is 1.59. The highest BCUT2D eigenvalue weighted by atomic mass is 32.1. The molecule has 0 bridgehead atoms. The van der Waals surface area contributed by atoms with Gasteiger partial charge in [-0.2, -0.15) is 0 Å². The summed E-state index contributed by atoms with van der Waals surface area (Å²) >= 11 is 1.47. The highest BCUT2D eigenvalue weighted by Gasteiger charge is 2.08. The molecule has 0 saturated carbocycles. The number of nitrogens with one attached hydrogen (secondary N) is 1. The highest BCUT2D eigenvalue weighted by Crippen LogP contribution is 2.31. The monoisotopic (exact) mass is 334 g/mol. The molecule has 2 aromatic carbocycles. The largest absolute Gasteiger partial charge is 0.302 e. The summed E-state index contributed by atoms with van der Waals surface area (Å²) in [5, 5.41) is 4.41. The second-order valence-electron chi connectivity index (χ2n) is 5.57. The second kappa shape index (κ2) is 5.65. The number of anilines is 1. The van der Waals surface area contributed by atoms with Crippen molar-refractivity contribution in [1.82, 2.24) is 15.0 Å². The highest BCUT2D eigenvalue weighted by molar-refractivity contribution is 7.22. The first-order valence-corrected chi connectivity index (χ1v) is 8.32. The lowest BCUT2D eigenvalue weighted by Gasteiger charge is -2.05. The number of carbonyl (C=O) groups excluding carboxylic acids is 1. The molecule has 0 saturated heterocycles. The third-order valence-electron chi connectivity index (χ3n) is 3.84. The van der Waals surface area contributed by atoms with Gasteiger partial charge in [0.1, 0.15) is 6.33 Å². The molecular formula is C18H14N4OS. The van der Waals surface area contributed by atoms with Gasteiger partial charge in [0.2, 0.25) is 5.91 Å². The van der Waals surface area contributed by atoms with Gasteiger partial charge in [-0.1, -0.05) is 23.5 Å². The van der Waals surface area contributed by atoms with E-state index in [-0.39, 0.29) is 5.91 Å². The molecule has 1 N–H and O–H groups in total. The topological polar surface area (TPSA) is 67.8 Å². The van der Waals surface area contributed by atoms with Crippen molar-refractivity contribution in [3.05, 3.63) is 48.4 Å². The van der Waals surface area contributed by atoms with Gasteiger partial charge in [-0.25, -0.2) is 15.0 Å². The summed E-state index contributed by atoms with van der Waals surface area (Å²) in [5.74, 6) is -0.112. The van der Waals surface area contributed by atoms with Crippen molar-refractivity contribution in [2.24, 2.45) is 0 Å². The van der Waals surface area contributed by atoms with Crippen molar-refractivity contribution < 1.29 is 4.79 Å². The number of rotatable bonds is 2. The van der Waals surface area contributed by atoms with E-state index in [1.54, 1.807) is 6.33 Å². The Morgan fingerprint density at radius 2 is 1.79 bits per heavy atom. The first kappa shape index (κ1) is 14.7. The number of carbonyl (C=O) groups is 1. The lowest BCUT2D eigenvalue weighted by Crippen LogP contribution is -2.04. The van der Waals surface area contributed by atoms with Gasteiger partial charge < -0.3 is 5.32 Å². The van der Waals surface area contributed by atoms with Gasteiger partial charge in [0.25, 0.3) is 0 Å². The van der Waals surface area contributed by atoms with E-state index in [0.717, 1.165) is 37.9 Å². The molecule has 0 fully saturated rings. The maximum atomic E-state index is 11.2. The van der Waals surface area contributed by atoms with Crippen LogP contribution in [-0.4, -0.2) is 20.9 Å². The van der Waals surface area contributed by atoms with Gasteiger partial charge in [0.05, 0.1) is 15.7 Å². The van der Waals surface area contributed by atoms with Crippen molar-refractivity contribution in [3.8, 4) is 11.1 Å². The van der Waals surface area contributed by atoms with Crippen LogP contribution in [0.1, 0.15) is 12.6 Å². The van der Waals surface area contributed by atoms with Gasteiger partial charge in [-0.3, -0.25) is 4.79 Å². The number of thiazole rings is 1. The number of nitrogens with zero attached hydrogens (tertiary/aromatic N) is 3. The van der Waals surface area contributed by atoms with Crippen LogP contribution in [0.25, 0.3) is 32.2 Å². The number of hydrogen-bond acceptors (Lipinski definition) is 5. The first-order valence-electron chi connectivity index (χ1n) is 7.50. The minimum Gasteiger partial charge on any atom is -0.302 e. The molecule has 118 valence electrons. The fourth-order valence-electron chi connectivity index (χ4n) is 2.67. The van der Waals surface area contributed by atoms with E-state index in [2.05, 4.69) is 38.5 Å². The summed E-state index contributed by atoms with van der Waals surface area (Å²) in [5.41, 5.74) is 5.00. The quantitative estimate of drug-likeness (QED) is 0.597. The maximum absolute atomic E-state index is 11.2. The molecule has 1 amide bonds. The lowest BCUT2D eigenvalue weighted by molar-refractivity contribution is -0.114. The molecule has 2 aromatic heterocycles. The van der Waals surface area contributed by atoms with Crippen LogP contribution in [0.15, 0.2) is 42.7 Å². The van der Waals surface area contributed by atoms with Gasteiger partial charge in [0, 0.05) is 18.0 Å². The Morgan fingerprint density at radius 3 is 2.58 bits per heavy atom. The zero-order valence-corrected chi connectivity index (χ0v) is 14.0. The van der Waals surface area contributed by atoms with E-state index in [1.807, 2.05) is 25.1 Å². The molecule has 4 aromatic rings. The lowest BCUT2D eigenvalue weighted by atomic mass is 10.0. The van der Waals surface area contributed by atoms with Crippen LogP contribution < -0.4 is 5.32 Å². The summed E-state index contributed by atoms with van der Waals surface area (Å²) < 4.78 is 1.04. The molecule has 0 aliphatic rings. The van der Waals surface area contributed by atoms with Crippen LogP contribution in [0.3, 0.4) is 0 Å². The minimum atomic E-state index is -0.112. The Bertz CT molecular complexity index is 1090. The van der Waals surface area contributed by atoms with E-state index < -0.39 is 0 Å². The maximum Gasteiger partial charge on any atom is 0.223 e. The third-order valence-corrected chi connectivity index (χ3v) is 4.77. The second-order valence-corrected chi connectivity index (χ2v) is 6.60. The van der Waals surface area contributed by atoms with Crippen LogP contribution in [0, 0.1) is 6.92 Å². The molecule has 0 unspecified atom stereocenters. The Morgan fingerprint density at radius 1 is 1.04 bits per heavy atom. The summed E-state index contributed by atoms with van der Waals surface area (Å²) in [6, 6.07) is 12.3. The average Bonchev–Trinajstić information content (AvgIpc) is 2.95. The van der Waals surface area contributed by atoms with Gasteiger partial charge in [-0.05, 0) is 42.3 Å². The average molecular weight is 334 g/mol. The van der Waals surface area contributed by atoms with Crippen molar-refractivity contribution in [2.75, 3.05) is 5.32 Å². The van der Waals surface area contributed by atoms with Crippen LogP contribution in [-0.2, 0) is 4.79 Å². The molecule has 0 aliphatic heterocycles. The summed E-state index contributed by atoms with van der Waals surface area (Å²) in [6.45, 7) is 3.47. The van der Waals surface area contributed by atoms with Crippen molar-refractivity contribution in [1.29, 1.82) is 0 Å². The standard InChI is InChI=1S/C18H14N4OS/c1-10-14-7-12(3-5-15(14)20-9-19-10)13-4-6-16-17(8-13)24-18(22-16)21-11(2)23/h3-9H,1-2H3,(H,21,22,23). The molecule has 0 atom stereocenters. The van der Waals surface area contributed by atoms with Crippen LogP contribution in [0.5, 0.6) is 0 Å². The Labute approximate surface area is 142 Å². The van der Waals surface area contributed by atoms with E-state index in [4.69, 9.17) is 0 Å². The molecule has 0 aliphatic carbocycles. The summed E-state index contributed by atoms with van der Waals surface area (Å²) in [7, 11) is 0. The number of fused-ring (bicyclic) bond motifs is 2. The van der Waals surface area contributed by atoms with Crippen LogP contribution in [0.4, 0.5) is 5.13 Å².